The molecule has 1 aliphatic rings. The van der Waals surface area contributed by atoms with Crippen LogP contribution >= 0.6 is 39.7 Å². The van der Waals surface area contributed by atoms with Gasteiger partial charge >= 0.3 is 0 Å². The van der Waals surface area contributed by atoms with Crippen LogP contribution in [0.15, 0.2) is 22.7 Å². The van der Waals surface area contributed by atoms with E-state index in [0.717, 1.165) is 4.47 Å². The van der Waals surface area contributed by atoms with Crippen molar-refractivity contribution in [1.29, 1.82) is 0 Å². The third-order valence-corrected chi connectivity index (χ3v) is 4.79. The van der Waals surface area contributed by atoms with Gasteiger partial charge in [0.15, 0.2) is 0 Å². The molecule has 0 unspecified atom stereocenters. The summed E-state index contributed by atoms with van der Waals surface area (Å²) in [6.45, 7) is 2.08. The smallest absolute Gasteiger partial charge is 0.237 e. The van der Waals surface area contributed by atoms with Crippen molar-refractivity contribution in [3.05, 3.63) is 27.7 Å². The lowest BCUT2D eigenvalue weighted by atomic mass is 9.62. The molecule has 1 aromatic carbocycles. The van der Waals surface area contributed by atoms with Crippen LogP contribution in [0.3, 0.4) is 0 Å². The van der Waals surface area contributed by atoms with Crippen LogP contribution < -0.4 is 11.1 Å². The van der Waals surface area contributed by atoms with Gasteiger partial charge in [-0.1, -0.05) is 30.7 Å². The van der Waals surface area contributed by atoms with E-state index in [4.69, 9.17) is 29.6 Å². The lowest BCUT2D eigenvalue weighted by Crippen LogP contribution is -2.53. The van der Waals surface area contributed by atoms with Crippen LogP contribution in [0.2, 0.25) is 5.02 Å². The zero-order valence-electron chi connectivity index (χ0n) is 10.4. The minimum atomic E-state index is -0.712. The molecule has 1 aromatic rings. The summed E-state index contributed by atoms with van der Waals surface area (Å²) in [6.07, 6.45) is 1.40. The molecule has 0 saturated heterocycles. The maximum atomic E-state index is 12.4. The normalized spacial score (nSPS) is 25.5. The number of halogens is 2. The van der Waals surface area contributed by atoms with Crippen molar-refractivity contribution >= 4 is 56.3 Å². The summed E-state index contributed by atoms with van der Waals surface area (Å²) >= 11 is 14.4. The molecule has 6 heteroatoms. The van der Waals surface area contributed by atoms with Crippen LogP contribution in [-0.2, 0) is 4.79 Å². The van der Waals surface area contributed by atoms with Crippen molar-refractivity contribution in [3.8, 4) is 0 Å². The molecule has 0 atom stereocenters. The highest BCUT2D eigenvalue weighted by atomic mass is 79.9. The van der Waals surface area contributed by atoms with E-state index in [1.807, 2.05) is 0 Å². The molecule has 0 heterocycles. The quantitative estimate of drug-likeness (QED) is 0.806. The predicted molar refractivity (Wildman–Crippen MR) is 85.4 cm³/mol. The molecule has 19 heavy (non-hydrogen) atoms. The Bertz CT molecular complexity index is 543. The van der Waals surface area contributed by atoms with Crippen molar-refractivity contribution < 1.29 is 4.79 Å². The van der Waals surface area contributed by atoms with Gasteiger partial charge in [0.25, 0.3) is 0 Å². The Labute approximate surface area is 131 Å². The van der Waals surface area contributed by atoms with E-state index in [-0.39, 0.29) is 10.9 Å². The second-order valence-electron chi connectivity index (χ2n) is 5.04. The molecule has 0 aromatic heterocycles. The summed E-state index contributed by atoms with van der Waals surface area (Å²) < 4.78 is 0.774. The molecule has 102 valence electrons. The first kappa shape index (κ1) is 14.8. The van der Waals surface area contributed by atoms with Crippen molar-refractivity contribution in [1.82, 2.24) is 0 Å². The summed E-state index contributed by atoms with van der Waals surface area (Å²) in [5.74, 6) is 0.316. The van der Waals surface area contributed by atoms with Gasteiger partial charge in [-0.3, -0.25) is 4.79 Å². The largest absolute Gasteiger partial charge is 0.392 e. The molecule has 1 amide bonds. The highest BCUT2D eigenvalue weighted by Gasteiger charge is 2.50. The van der Waals surface area contributed by atoms with Crippen LogP contribution in [0.25, 0.3) is 0 Å². The van der Waals surface area contributed by atoms with Gasteiger partial charge in [0.05, 0.1) is 16.1 Å². The Morgan fingerprint density at radius 1 is 1.58 bits per heavy atom. The standard InChI is InChI=1S/C13H14BrClN2OS/c1-7-5-13(6-7,11(16)19)12(18)17-10-4-8(15)2-3-9(10)14/h2-4,7H,5-6H2,1H3,(H2,16,19)(H,17,18). The van der Waals surface area contributed by atoms with Gasteiger partial charge in [-0.2, -0.15) is 0 Å². The first-order valence-electron chi connectivity index (χ1n) is 5.91. The van der Waals surface area contributed by atoms with Gasteiger partial charge in [-0.25, -0.2) is 0 Å². The van der Waals surface area contributed by atoms with Crippen molar-refractivity contribution in [2.75, 3.05) is 5.32 Å². The highest BCUT2D eigenvalue weighted by molar-refractivity contribution is 9.10. The average molecular weight is 362 g/mol. The summed E-state index contributed by atoms with van der Waals surface area (Å²) in [5, 5.41) is 3.42. The van der Waals surface area contributed by atoms with Gasteiger partial charge in [0.1, 0.15) is 0 Å². The topological polar surface area (TPSA) is 55.1 Å². The molecule has 0 radical (unpaired) electrons. The Hall–Kier alpha value is -0.650. The molecule has 2 rings (SSSR count). The number of carbonyl (C=O) groups is 1. The molecule has 0 spiro atoms. The number of thiocarbonyl (C=S) groups is 1. The number of carbonyl (C=O) groups excluding carboxylic acids is 1. The van der Waals surface area contributed by atoms with Crippen LogP contribution in [-0.4, -0.2) is 10.9 Å². The zero-order valence-corrected chi connectivity index (χ0v) is 13.5. The van der Waals surface area contributed by atoms with Crippen molar-refractivity contribution in [2.24, 2.45) is 17.1 Å². The first-order chi connectivity index (χ1) is 8.85. The molecule has 3 nitrogen and oxygen atoms in total. The molecular formula is C13H14BrClN2OS. The van der Waals surface area contributed by atoms with Crippen LogP contribution in [0.4, 0.5) is 5.69 Å². The zero-order chi connectivity index (χ0) is 14.2. The third kappa shape index (κ3) is 2.78. The molecule has 1 saturated carbocycles. The molecule has 1 aliphatic carbocycles. The maximum Gasteiger partial charge on any atom is 0.237 e. The second kappa shape index (κ2) is 5.38. The Balaban J connectivity index is 2.21. The van der Waals surface area contributed by atoms with E-state index in [2.05, 4.69) is 28.2 Å². The lowest BCUT2D eigenvalue weighted by molar-refractivity contribution is -0.127. The van der Waals surface area contributed by atoms with Gasteiger partial charge in [-0.15, -0.1) is 0 Å². The third-order valence-electron chi connectivity index (χ3n) is 3.48. The Kier molecular flexibility index (Phi) is 4.18. The Morgan fingerprint density at radius 2 is 2.21 bits per heavy atom. The molecule has 0 bridgehead atoms. The number of anilines is 1. The highest BCUT2D eigenvalue weighted by Crippen LogP contribution is 2.46. The van der Waals surface area contributed by atoms with E-state index in [1.165, 1.54) is 0 Å². The second-order valence-corrected chi connectivity index (χ2v) is 6.77. The van der Waals surface area contributed by atoms with Crippen molar-refractivity contribution in [2.45, 2.75) is 19.8 Å². The Morgan fingerprint density at radius 3 is 2.74 bits per heavy atom. The van der Waals surface area contributed by atoms with E-state index < -0.39 is 5.41 Å². The first-order valence-corrected chi connectivity index (χ1v) is 7.49. The van der Waals surface area contributed by atoms with Crippen LogP contribution in [0.5, 0.6) is 0 Å². The van der Waals surface area contributed by atoms with Crippen molar-refractivity contribution in [3.63, 3.8) is 0 Å². The number of amides is 1. The lowest BCUT2D eigenvalue weighted by Gasteiger charge is -2.44. The van der Waals surface area contributed by atoms with E-state index in [0.29, 0.717) is 29.5 Å². The van der Waals surface area contributed by atoms with Crippen LogP contribution in [0, 0.1) is 11.3 Å². The molecule has 3 N–H and O–H groups in total. The number of rotatable bonds is 3. The number of hydrogen-bond donors (Lipinski definition) is 2. The summed E-state index contributed by atoms with van der Waals surface area (Å²) in [5.41, 5.74) is 5.67. The maximum absolute atomic E-state index is 12.4. The summed E-state index contributed by atoms with van der Waals surface area (Å²) in [7, 11) is 0. The summed E-state index contributed by atoms with van der Waals surface area (Å²) in [6, 6.07) is 5.23. The fourth-order valence-corrected chi connectivity index (χ4v) is 3.24. The number of benzene rings is 1. The molecular weight excluding hydrogens is 348 g/mol. The van der Waals surface area contributed by atoms with Gasteiger partial charge in [0, 0.05) is 9.50 Å². The average Bonchev–Trinajstić information content (AvgIpc) is 2.28. The van der Waals surface area contributed by atoms with E-state index in [9.17, 15) is 4.79 Å². The molecule has 1 fully saturated rings. The monoisotopic (exact) mass is 360 g/mol. The van der Waals surface area contributed by atoms with Crippen LogP contribution in [0.1, 0.15) is 19.8 Å². The number of hydrogen-bond acceptors (Lipinski definition) is 2. The number of nitrogens with two attached hydrogens (primary N) is 1. The van der Waals surface area contributed by atoms with E-state index in [1.54, 1.807) is 18.2 Å². The van der Waals surface area contributed by atoms with Gasteiger partial charge < -0.3 is 11.1 Å². The predicted octanol–water partition coefficient (Wildman–Crippen LogP) is 3.74. The minimum absolute atomic E-state index is 0.152. The fourth-order valence-electron chi connectivity index (χ4n) is 2.46. The number of nitrogens with one attached hydrogen (secondary N) is 1. The van der Waals surface area contributed by atoms with Gasteiger partial charge in [0.2, 0.25) is 5.91 Å². The fraction of sp³-hybridized carbons (Fsp3) is 0.385. The van der Waals surface area contributed by atoms with E-state index >= 15 is 0 Å². The minimum Gasteiger partial charge on any atom is -0.392 e. The summed E-state index contributed by atoms with van der Waals surface area (Å²) in [4.78, 5) is 12.7. The SMILES string of the molecule is CC1CC(C(=O)Nc2cc(Cl)ccc2Br)(C(N)=S)C1. The van der Waals surface area contributed by atoms with Gasteiger partial charge in [-0.05, 0) is 52.9 Å². The molecule has 0 aliphatic heterocycles.